The molecular formula is C23H20N2O5. The summed E-state index contributed by atoms with van der Waals surface area (Å²) in [7, 11) is 0. The van der Waals surface area contributed by atoms with Crippen LogP contribution in [-0.2, 0) is 9.53 Å². The number of Topliss-reactive ketones (excluding diaryl/α,β-unsaturated/α-hetero) is 1. The number of amides is 1. The zero-order valence-corrected chi connectivity index (χ0v) is 16.2. The number of benzene rings is 1. The summed E-state index contributed by atoms with van der Waals surface area (Å²) in [4.78, 5) is 32.2. The van der Waals surface area contributed by atoms with E-state index in [0.29, 0.717) is 17.9 Å². The van der Waals surface area contributed by atoms with E-state index in [1.165, 1.54) is 4.90 Å². The van der Waals surface area contributed by atoms with Crippen molar-refractivity contribution < 1.29 is 23.8 Å². The number of ketones is 1. The van der Waals surface area contributed by atoms with Gasteiger partial charge in [0.05, 0.1) is 17.4 Å². The lowest BCUT2D eigenvalue weighted by molar-refractivity contribution is -0.131. The summed E-state index contributed by atoms with van der Waals surface area (Å²) in [5.41, 5.74) is 1.05. The zero-order valence-electron chi connectivity index (χ0n) is 16.2. The number of nitrogens with zero attached hydrogens (tertiary/aromatic N) is 2. The summed E-state index contributed by atoms with van der Waals surface area (Å²) in [6.45, 7) is 0.923. The molecule has 30 heavy (non-hydrogen) atoms. The Morgan fingerprint density at radius 3 is 2.77 bits per heavy atom. The molecule has 0 bridgehead atoms. The van der Waals surface area contributed by atoms with E-state index in [4.69, 9.17) is 9.15 Å². The molecule has 0 spiro atoms. The first-order valence-corrected chi connectivity index (χ1v) is 9.93. The monoisotopic (exact) mass is 404 g/mol. The molecule has 152 valence electrons. The molecular weight excluding hydrogens is 384 g/mol. The Balaban J connectivity index is 1.56. The van der Waals surface area contributed by atoms with E-state index in [1.54, 1.807) is 36.5 Å². The summed E-state index contributed by atoms with van der Waals surface area (Å²) >= 11 is 0. The zero-order chi connectivity index (χ0) is 20.7. The molecule has 0 radical (unpaired) electrons. The van der Waals surface area contributed by atoms with Crippen molar-refractivity contribution in [2.75, 3.05) is 13.2 Å². The van der Waals surface area contributed by atoms with Crippen LogP contribution in [0, 0.1) is 0 Å². The van der Waals surface area contributed by atoms with Gasteiger partial charge in [0.15, 0.2) is 11.5 Å². The number of furan rings is 1. The highest BCUT2D eigenvalue weighted by atomic mass is 16.5. The Morgan fingerprint density at radius 2 is 2.03 bits per heavy atom. The quantitative estimate of drug-likeness (QED) is 0.654. The maximum Gasteiger partial charge on any atom is 0.290 e. The highest BCUT2D eigenvalue weighted by Gasteiger charge is 2.46. The van der Waals surface area contributed by atoms with Gasteiger partial charge < -0.3 is 19.2 Å². The van der Waals surface area contributed by atoms with Gasteiger partial charge in [-0.05, 0) is 37.1 Å². The van der Waals surface area contributed by atoms with E-state index in [9.17, 15) is 14.7 Å². The number of aromatic nitrogens is 1. The number of carbonyl (C=O) groups excluding carboxylic acids is 2. The lowest BCUT2D eigenvalue weighted by atomic mass is 9.98. The molecule has 1 aromatic carbocycles. The predicted molar refractivity (Wildman–Crippen MR) is 108 cm³/mol. The van der Waals surface area contributed by atoms with Gasteiger partial charge in [0.1, 0.15) is 11.6 Å². The van der Waals surface area contributed by atoms with Gasteiger partial charge in [-0.15, -0.1) is 0 Å². The molecule has 7 heteroatoms. The second-order valence-corrected chi connectivity index (χ2v) is 7.49. The number of hydrogen-bond donors (Lipinski definition) is 1. The van der Waals surface area contributed by atoms with E-state index < -0.39 is 23.5 Å². The van der Waals surface area contributed by atoms with Crippen molar-refractivity contribution in [1.82, 2.24) is 9.88 Å². The van der Waals surface area contributed by atoms with E-state index in [-0.39, 0.29) is 24.0 Å². The fraction of sp³-hybridized carbons (Fsp3) is 0.261. The van der Waals surface area contributed by atoms with E-state index >= 15 is 0 Å². The number of ether oxygens (including phenoxy) is 1. The standard InChI is InChI=1S/C23H20N2O5/c26-21(18-12-14-6-1-2-9-17(14)30-18)19-20(16-8-3-4-10-24-16)25(23(28)22(19)27)13-15-7-5-11-29-15/h1-4,6,8-10,12,15,20,27H,5,7,11,13H2. The number of aliphatic hydroxyl groups is 1. The minimum Gasteiger partial charge on any atom is -0.503 e. The lowest BCUT2D eigenvalue weighted by Gasteiger charge is -2.28. The average Bonchev–Trinajstić information content (AvgIpc) is 3.49. The van der Waals surface area contributed by atoms with Crippen molar-refractivity contribution in [3.63, 3.8) is 0 Å². The average molecular weight is 404 g/mol. The topological polar surface area (TPSA) is 92.9 Å². The predicted octanol–water partition coefficient (Wildman–Crippen LogP) is 3.59. The minimum atomic E-state index is -0.802. The molecule has 2 aliphatic rings. The molecule has 5 rings (SSSR count). The van der Waals surface area contributed by atoms with Crippen LogP contribution in [0.4, 0.5) is 0 Å². The molecule has 1 amide bonds. The van der Waals surface area contributed by atoms with Crippen LogP contribution in [0.2, 0.25) is 0 Å². The highest BCUT2D eigenvalue weighted by Crippen LogP contribution is 2.39. The van der Waals surface area contributed by atoms with Crippen LogP contribution in [0.15, 0.2) is 70.5 Å². The number of fused-ring (bicyclic) bond motifs is 1. The van der Waals surface area contributed by atoms with Crippen LogP contribution >= 0.6 is 0 Å². The van der Waals surface area contributed by atoms with Crippen LogP contribution in [0.5, 0.6) is 0 Å². The SMILES string of the molecule is O=C(C1=C(O)C(=O)N(CC2CCCO2)C1c1ccccn1)c1cc2ccccc2o1. The smallest absolute Gasteiger partial charge is 0.290 e. The normalized spacial score (nSPS) is 21.7. The molecule has 2 aliphatic heterocycles. The van der Waals surface area contributed by atoms with Gasteiger partial charge in [-0.25, -0.2) is 0 Å². The van der Waals surface area contributed by atoms with Gasteiger partial charge in [0.25, 0.3) is 5.91 Å². The third kappa shape index (κ3) is 3.07. The molecule has 1 fully saturated rings. The van der Waals surface area contributed by atoms with Gasteiger partial charge in [0, 0.05) is 24.7 Å². The molecule has 4 heterocycles. The second-order valence-electron chi connectivity index (χ2n) is 7.49. The fourth-order valence-corrected chi connectivity index (χ4v) is 4.15. The number of hydrogen-bond acceptors (Lipinski definition) is 6. The molecule has 3 aromatic rings. The maximum atomic E-state index is 13.4. The summed E-state index contributed by atoms with van der Waals surface area (Å²) in [6.07, 6.45) is 3.22. The molecule has 1 N–H and O–H groups in total. The largest absolute Gasteiger partial charge is 0.503 e. The van der Waals surface area contributed by atoms with Gasteiger partial charge in [-0.2, -0.15) is 0 Å². The molecule has 7 nitrogen and oxygen atoms in total. The number of carbonyl (C=O) groups is 2. The van der Waals surface area contributed by atoms with Crippen LogP contribution in [0.25, 0.3) is 11.0 Å². The van der Waals surface area contributed by atoms with Crippen LogP contribution in [0.3, 0.4) is 0 Å². The molecule has 2 atom stereocenters. The third-order valence-corrected chi connectivity index (χ3v) is 5.59. The summed E-state index contributed by atoms with van der Waals surface area (Å²) in [5, 5.41) is 11.5. The van der Waals surface area contributed by atoms with Gasteiger partial charge >= 0.3 is 0 Å². The first kappa shape index (κ1) is 18.6. The van der Waals surface area contributed by atoms with Crippen LogP contribution in [0.1, 0.15) is 35.1 Å². The summed E-state index contributed by atoms with van der Waals surface area (Å²) in [5.74, 6) is -1.61. The van der Waals surface area contributed by atoms with Gasteiger partial charge in [-0.1, -0.05) is 24.3 Å². The van der Waals surface area contributed by atoms with Crippen molar-refractivity contribution >= 4 is 22.7 Å². The van der Waals surface area contributed by atoms with Crippen LogP contribution < -0.4 is 0 Å². The van der Waals surface area contributed by atoms with Gasteiger partial charge in [-0.3, -0.25) is 14.6 Å². The van der Waals surface area contributed by atoms with E-state index in [1.807, 2.05) is 18.2 Å². The Labute approximate surface area is 172 Å². The van der Waals surface area contributed by atoms with Crippen molar-refractivity contribution in [1.29, 1.82) is 0 Å². The Morgan fingerprint density at radius 1 is 1.20 bits per heavy atom. The van der Waals surface area contributed by atoms with Crippen LogP contribution in [-0.4, -0.2) is 45.9 Å². The Bertz CT molecular complexity index is 1110. The first-order chi connectivity index (χ1) is 14.6. The summed E-state index contributed by atoms with van der Waals surface area (Å²) < 4.78 is 11.4. The number of pyridine rings is 1. The van der Waals surface area contributed by atoms with Crippen molar-refractivity contribution in [3.8, 4) is 0 Å². The fourth-order valence-electron chi connectivity index (χ4n) is 4.15. The molecule has 0 saturated carbocycles. The lowest BCUT2D eigenvalue weighted by Crippen LogP contribution is -2.37. The molecule has 2 aromatic heterocycles. The minimum absolute atomic E-state index is 0.0178. The first-order valence-electron chi connectivity index (χ1n) is 9.93. The molecule has 1 saturated heterocycles. The second kappa shape index (κ2) is 7.42. The molecule has 0 aliphatic carbocycles. The Hall–Kier alpha value is -3.45. The van der Waals surface area contributed by atoms with Crippen molar-refractivity contribution in [2.45, 2.75) is 25.0 Å². The van der Waals surface area contributed by atoms with Crippen molar-refractivity contribution in [3.05, 3.63) is 77.5 Å². The number of para-hydroxylation sites is 1. The number of aliphatic hydroxyl groups excluding tert-OH is 1. The van der Waals surface area contributed by atoms with Crippen molar-refractivity contribution in [2.24, 2.45) is 0 Å². The Kier molecular flexibility index (Phi) is 4.59. The number of rotatable bonds is 5. The third-order valence-electron chi connectivity index (χ3n) is 5.59. The maximum absolute atomic E-state index is 13.4. The summed E-state index contributed by atoms with van der Waals surface area (Å²) in [6, 6.07) is 13.4. The van der Waals surface area contributed by atoms with E-state index in [0.717, 1.165) is 18.2 Å². The van der Waals surface area contributed by atoms with E-state index in [2.05, 4.69) is 4.98 Å². The highest BCUT2D eigenvalue weighted by molar-refractivity contribution is 6.15. The van der Waals surface area contributed by atoms with Gasteiger partial charge in [0.2, 0.25) is 5.78 Å². The molecule has 2 unspecified atom stereocenters.